The molecule has 32 heavy (non-hydrogen) atoms. The number of hydrogen-bond acceptors (Lipinski definition) is 2. The summed E-state index contributed by atoms with van der Waals surface area (Å²) >= 11 is 0. The third kappa shape index (κ3) is 3.04. The van der Waals surface area contributed by atoms with Crippen LogP contribution in [0.4, 0.5) is 0 Å². The van der Waals surface area contributed by atoms with Crippen LogP contribution in [0.25, 0.3) is 32.4 Å². The zero-order chi connectivity index (χ0) is 21.5. The van der Waals surface area contributed by atoms with Crippen molar-refractivity contribution in [3.05, 3.63) is 121 Å². The summed E-state index contributed by atoms with van der Waals surface area (Å²) in [6, 6.07) is 40.4. The molecular weight excluding hydrogens is 409 g/mol. The molecule has 0 aliphatic rings. The molecule has 0 fully saturated rings. The molecule has 6 rings (SSSR count). The van der Waals surface area contributed by atoms with E-state index in [0.29, 0.717) is 5.44 Å². The van der Waals surface area contributed by atoms with Crippen LogP contribution in [-0.4, -0.2) is 4.98 Å². The molecule has 0 saturated heterocycles. The summed E-state index contributed by atoms with van der Waals surface area (Å²) in [7, 11) is -3.09. The number of pyridine rings is 1. The van der Waals surface area contributed by atoms with Crippen LogP contribution in [0, 0.1) is 0 Å². The third-order valence-electron chi connectivity index (χ3n) is 6.06. The van der Waals surface area contributed by atoms with Crippen molar-refractivity contribution in [3.8, 4) is 0 Å². The number of benzene rings is 5. The van der Waals surface area contributed by atoms with E-state index in [1.807, 2.05) is 72.8 Å². The van der Waals surface area contributed by atoms with Gasteiger partial charge >= 0.3 is 0 Å². The first kappa shape index (κ1) is 19.0. The molecule has 0 spiro atoms. The second kappa shape index (κ2) is 7.44. The topological polar surface area (TPSA) is 30.0 Å². The van der Waals surface area contributed by atoms with Gasteiger partial charge in [-0.2, -0.15) is 0 Å². The fourth-order valence-electron chi connectivity index (χ4n) is 4.42. The Labute approximate surface area is 186 Å². The van der Waals surface area contributed by atoms with Crippen molar-refractivity contribution >= 4 is 55.6 Å². The molecular formula is C29H20NOP. The van der Waals surface area contributed by atoms with Crippen molar-refractivity contribution in [2.45, 2.75) is 0 Å². The molecule has 0 aliphatic heterocycles. The highest BCUT2D eigenvalue weighted by Gasteiger charge is 2.31. The Kier molecular flexibility index (Phi) is 4.41. The molecule has 0 aliphatic carbocycles. The van der Waals surface area contributed by atoms with Gasteiger partial charge in [0.1, 0.15) is 5.44 Å². The molecule has 3 heteroatoms. The van der Waals surface area contributed by atoms with E-state index < -0.39 is 7.14 Å². The van der Waals surface area contributed by atoms with Gasteiger partial charge in [0, 0.05) is 16.0 Å². The maximum Gasteiger partial charge on any atom is 0.188 e. The van der Waals surface area contributed by atoms with Crippen LogP contribution >= 0.6 is 7.14 Å². The van der Waals surface area contributed by atoms with Gasteiger partial charge < -0.3 is 4.57 Å². The summed E-state index contributed by atoms with van der Waals surface area (Å²) < 4.78 is 14.6. The lowest BCUT2D eigenvalue weighted by atomic mass is 10.0. The fraction of sp³-hybridized carbons (Fsp3) is 0. The maximum atomic E-state index is 14.6. The molecule has 5 aromatic carbocycles. The Morgan fingerprint density at radius 3 is 1.56 bits per heavy atom. The third-order valence-corrected chi connectivity index (χ3v) is 9.00. The Morgan fingerprint density at radius 2 is 0.969 bits per heavy atom. The van der Waals surface area contributed by atoms with Crippen LogP contribution < -0.4 is 16.0 Å². The quantitative estimate of drug-likeness (QED) is 0.248. The minimum Gasteiger partial charge on any atom is -0.307 e. The van der Waals surface area contributed by atoms with Crippen LogP contribution in [0.15, 0.2) is 121 Å². The molecule has 152 valence electrons. The average Bonchev–Trinajstić information content (AvgIpc) is 2.86. The van der Waals surface area contributed by atoms with E-state index >= 15 is 0 Å². The van der Waals surface area contributed by atoms with Crippen molar-refractivity contribution in [1.82, 2.24) is 4.98 Å². The van der Waals surface area contributed by atoms with Gasteiger partial charge in [0.15, 0.2) is 7.14 Å². The van der Waals surface area contributed by atoms with Crippen molar-refractivity contribution < 1.29 is 4.57 Å². The minimum atomic E-state index is -3.09. The highest BCUT2D eigenvalue weighted by Crippen LogP contribution is 2.42. The van der Waals surface area contributed by atoms with E-state index in [-0.39, 0.29) is 0 Å². The molecule has 1 heterocycles. The Bertz CT molecular complexity index is 1600. The largest absolute Gasteiger partial charge is 0.307 e. The Hall–Kier alpha value is -3.74. The van der Waals surface area contributed by atoms with Crippen molar-refractivity contribution in [2.75, 3.05) is 0 Å². The SMILES string of the molecule is O=P(c1ccccc1)(c1ccccc1)c1ccc2cc3cc4ccccc4cc3cc2n1. The highest BCUT2D eigenvalue weighted by atomic mass is 31.2. The van der Waals surface area contributed by atoms with Crippen molar-refractivity contribution in [1.29, 1.82) is 0 Å². The van der Waals surface area contributed by atoms with Crippen LogP contribution in [0.5, 0.6) is 0 Å². The Morgan fingerprint density at radius 1 is 0.469 bits per heavy atom. The summed E-state index contributed by atoms with van der Waals surface area (Å²) in [6.45, 7) is 0. The molecule has 2 nitrogen and oxygen atoms in total. The van der Waals surface area contributed by atoms with Gasteiger partial charge in [-0.1, -0.05) is 91.0 Å². The van der Waals surface area contributed by atoms with Crippen LogP contribution in [0.3, 0.4) is 0 Å². The molecule has 0 N–H and O–H groups in total. The van der Waals surface area contributed by atoms with Crippen LogP contribution in [0.1, 0.15) is 0 Å². The summed E-state index contributed by atoms with van der Waals surface area (Å²) in [5.41, 5.74) is 1.47. The van der Waals surface area contributed by atoms with E-state index in [1.54, 1.807) is 0 Å². The van der Waals surface area contributed by atoms with Gasteiger partial charge in [-0.05, 0) is 51.9 Å². The predicted octanol–water partition coefficient (Wildman–Crippen LogP) is 6.18. The smallest absolute Gasteiger partial charge is 0.188 e. The summed E-state index contributed by atoms with van der Waals surface area (Å²) in [6.07, 6.45) is 0. The summed E-state index contributed by atoms with van der Waals surface area (Å²) in [5.74, 6) is 0. The average molecular weight is 429 g/mol. The molecule has 1 aromatic heterocycles. The number of hydrogen-bond donors (Lipinski definition) is 0. The first-order chi connectivity index (χ1) is 15.7. The molecule has 0 bridgehead atoms. The maximum absolute atomic E-state index is 14.6. The second-order valence-electron chi connectivity index (χ2n) is 8.04. The minimum absolute atomic E-state index is 0.613. The van der Waals surface area contributed by atoms with Gasteiger partial charge in [-0.15, -0.1) is 0 Å². The number of rotatable bonds is 3. The van der Waals surface area contributed by atoms with Gasteiger partial charge in [0.25, 0.3) is 0 Å². The highest BCUT2D eigenvalue weighted by molar-refractivity contribution is 7.85. The zero-order valence-electron chi connectivity index (χ0n) is 17.3. The lowest BCUT2D eigenvalue weighted by molar-refractivity contribution is 0.592. The normalized spacial score (nSPS) is 11.9. The van der Waals surface area contributed by atoms with E-state index in [4.69, 9.17) is 4.98 Å². The molecule has 0 saturated carbocycles. The molecule has 6 aromatic rings. The van der Waals surface area contributed by atoms with E-state index in [0.717, 1.165) is 26.9 Å². The van der Waals surface area contributed by atoms with Gasteiger partial charge in [0.2, 0.25) is 0 Å². The lowest BCUT2D eigenvalue weighted by Crippen LogP contribution is -2.26. The zero-order valence-corrected chi connectivity index (χ0v) is 18.2. The van der Waals surface area contributed by atoms with Gasteiger partial charge in [-0.3, -0.25) is 0 Å². The second-order valence-corrected chi connectivity index (χ2v) is 10.8. The van der Waals surface area contributed by atoms with Crippen LogP contribution in [0.2, 0.25) is 0 Å². The summed E-state index contributed by atoms with van der Waals surface area (Å²) in [5, 5.41) is 7.38. The molecule has 0 atom stereocenters. The number of nitrogens with zero attached hydrogens (tertiary/aromatic N) is 1. The molecule has 0 amide bonds. The monoisotopic (exact) mass is 429 g/mol. The van der Waals surface area contributed by atoms with E-state index in [2.05, 4.69) is 48.5 Å². The molecule has 0 radical (unpaired) electrons. The standard InChI is InChI=1S/C29H20NOP/c31-32(26-11-3-1-4-12-26,27-13-5-2-6-14-27)29-16-15-23-19-24-17-21-9-7-8-10-22(21)18-25(24)20-28(23)30-29/h1-20H. The number of aromatic nitrogens is 1. The van der Waals surface area contributed by atoms with Crippen molar-refractivity contribution in [2.24, 2.45) is 0 Å². The van der Waals surface area contributed by atoms with Gasteiger partial charge in [-0.25, -0.2) is 4.98 Å². The lowest BCUT2D eigenvalue weighted by Gasteiger charge is -2.19. The predicted molar refractivity (Wildman–Crippen MR) is 136 cm³/mol. The number of fused-ring (bicyclic) bond motifs is 3. The summed E-state index contributed by atoms with van der Waals surface area (Å²) in [4.78, 5) is 4.97. The molecule has 0 unspecified atom stereocenters. The Balaban J connectivity index is 1.60. The van der Waals surface area contributed by atoms with E-state index in [1.165, 1.54) is 16.2 Å². The first-order valence-electron chi connectivity index (χ1n) is 10.7. The van der Waals surface area contributed by atoms with Crippen molar-refractivity contribution in [3.63, 3.8) is 0 Å². The first-order valence-corrected chi connectivity index (χ1v) is 12.4. The van der Waals surface area contributed by atoms with Gasteiger partial charge in [0.05, 0.1) is 5.52 Å². The van der Waals surface area contributed by atoms with E-state index in [9.17, 15) is 4.57 Å². The van der Waals surface area contributed by atoms with Crippen LogP contribution in [-0.2, 0) is 4.57 Å². The fourth-order valence-corrected chi connectivity index (χ4v) is 6.96.